The number of amides is 1. The molecule has 0 aromatic heterocycles. The third-order valence-electron chi connectivity index (χ3n) is 4.68. The Labute approximate surface area is 154 Å². The maximum absolute atomic E-state index is 12.5. The summed E-state index contributed by atoms with van der Waals surface area (Å²) in [5, 5.41) is 6.37. The number of hydrogen-bond donors (Lipinski definition) is 5. The van der Waals surface area contributed by atoms with Crippen LogP contribution in [0.25, 0.3) is 0 Å². The number of benzene rings is 2. The Bertz CT molecular complexity index is 734. The highest BCUT2D eigenvalue weighted by Crippen LogP contribution is 2.15. The van der Waals surface area contributed by atoms with E-state index >= 15 is 0 Å². The van der Waals surface area contributed by atoms with Crippen LogP contribution >= 0.6 is 0 Å². The average molecular weight is 353 g/mol. The summed E-state index contributed by atoms with van der Waals surface area (Å²) in [6, 6.07) is 16.1. The van der Waals surface area contributed by atoms with E-state index in [9.17, 15) is 4.79 Å². The normalized spacial score (nSPS) is 19.3. The average Bonchev–Trinajstić information content (AvgIpc) is 3.11. The second-order valence-corrected chi connectivity index (χ2v) is 6.69. The number of nitrogens with one attached hydrogen (secondary N) is 5. The molecule has 2 aromatic rings. The second kappa shape index (κ2) is 8.80. The summed E-state index contributed by atoms with van der Waals surface area (Å²) >= 11 is 0. The molecule has 1 fully saturated rings. The van der Waals surface area contributed by atoms with Crippen molar-refractivity contribution in [3.05, 3.63) is 65.2 Å². The van der Waals surface area contributed by atoms with E-state index in [2.05, 4.69) is 65.1 Å². The SMILES string of the molecule is Cc1ccc(NC2NNNC2C(=O)NCCCc2ccccc2)cc1C. The van der Waals surface area contributed by atoms with E-state index < -0.39 is 6.04 Å². The summed E-state index contributed by atoms with van der Waals surface area (Å²) in [6.45, 7) is 4.82. The van der Waals surface area contributed by atoms with Gasteiger partial charge in [-0.2, -0.15) is 5.53 Å². The quantitative estimate of drug-likeness (QED) is 0.491. The third kappa shape index (κ3) is 4.82. The van der Waals surface area contributed by atoms with Crippen molar-refractivity contribution in [2.45, 2.75) is 38.9 Å². The number of hydrazine groups is 2. The van der Waals surface area contributed by atoms with Crippen LogP contribution in [-0.2, 0) is 11.2 Å². The van der Waals surface area contributed by atoms with Crippen molar-refractivity contribution >= 4 is 11.6 Å². The molecule has 1 saturated heterocycles. The van der Waals surface area contributed by atoms with Gasteiger partial charge in [0.1, 0.15) is 12.2 Å². The molecule has 1 heterocycles. The Balaban J connectivity index is 1.47. The van der Waals surface area contributed by atoms with Gasteiger partial charge in [0.25, 0.3) is 0 Å². The topological polar surface area (TPSA) is 77.2 Å². The lowest BCUT2D eigenvalue weighted by molar-refractivity contribution is -0.123. The van der Waals surface area contributed by atoms with Crippen molar-refractivity contribution < 1.29 is 4.79 Å². The molecule has 2 atom stereocenters. The molecule has 0 spiro atoms. The van der Waals surface area contributed by atoms with Gasteiger partial charge in [0, 0.05) is 12.2 Å². The Morgan fingerprint density at radius 2 is 1.85 bits per heavy atom. The summed E-state index contributed by atoms with van der Waals surface area (Å²) in [4.78, 5) is 12.5. The van der Waals surface area contributed by atoms with E-state index in [1.807, 2.05) is 24.3 Å². The number of hydrogen-bond acceptors (Lipinski definition) is 5. The number of aryl methyl sites for hydroxylation is 3. The number of carbonyl (C=O) groups is 1. The van der Waals surface area contributed by atoms with Crippen LogP contribution in [0.2, 0.25) is 0 Å². The molecule has 3 rings (SSSR count). The molecular formula is C20H27N5O. The summed E-state index contributed by atoms with van der Waals surface area (Å²) in [7, 11) is 0. The molecule has 138 valence electrons. The fraction of sp³-hybridized carbons (Fsp3) is 0.350. The highest BCUT2D eigenvalue weighted by atomic mass is 16.2. The van der Waals surface area contributed by atoms with E-state index in [4.69, 9.17) is 0 Å². The zero-order valence-corrected chi connectivity index (χ0v) is 15.3. The van der Waals surface area contributed by atoms with Gasteiger partial charge in [-0.05, 0) is 55.5 Å². The minimum absolute atomic E-state index is 0.0307. The van der Waals surface area contributed by atoms with Crippen molar-refractivity contribution in [3.63, 3.8) is 0 Å². The predicted octanol–water partition coefficient (Wildman–Crippen LogP) is 1.77. The van der Waals surface area contributed by atoms with Crippen LogP contribution in [0, 0.1) is 13.8 Å². The first-order chi connectivity index (χ1) is 12.6. The molecule has 6 heteroatoms. The van der Waals surface area contributed by atoms with E-state index in [0.29, 0.717) is 6.54 Å². The fourth-order valence-corrected chi connectivity index (χ4v) is 2.97. The smallest absolute Gasteiger partial charge is 0.242 e. The molecule has 0 aliphatic carbocycles. The summed E-state index contributed by atoms with van der Waals surface area (Å²) in [5.41, 5.74) is 13.6. The Morgan fingerprint density at radius 1 is 1.04 bits per heavy atom. The molecule has 1 amide bonds. The summed E-state index contributed by atoms with van der Waals surface area (Å²) in [6.07, 6.45) is 1.64. The van der Waals surface area contributed by atoms with Gasteiger partial charge >= 0.3 is 0 Å². The van der Waals surface area contributed by atoms with Crippen LogP contribution in [0.5, 0.6) is 0 Å². The van der Waals surface area contributed by atoms with Crippen molar-refractivity contribution in [1.29, 1.82) is 0 Å². The van der Waals surface area contributed by atoms with E-state index in [-0.39, 0.29) is 12.1 Å². The second-order valence-electron chi connectivity index (χ2n) is 6.69. The van der Waals surface area contributed by atoms with E-state index in [1.54, 1.807) is 0 Å². The minimum atomic E-state index is -0.395. The van der Waals surface area contributed by atoms with Gasteiger partial charge in [0.15, 0.2) is 0 Å². The highest BCUT2D eigenvalue weighted by Gasteiger charge is 2.32. The molecule has 0 saturated carbocycles. The Hall–Kier alpha value is -2.41. The fourth-order valence-electron chi connectivity index (χ4n) is 2.97. The van der Waals surface area contributed by atoms with Gasteiger partial charge in [0.2, 0.25) is 5.91 Å². The number of carbonyl (C=O) groups excluding carboxylic acids is 1. The molecular weight excluding hydrogens is 326 g/mol. The van der Waals surface area contributed by atoms with Crippen LogP contribution < -0.4 is 27.0 Å². The van der Waals surface area contributed by atoms with Crippen molar-refractivity contribution in [2.24, 2.45) is 0 Å². The summed E-state index contributed by atoms with van der Waals surface area (Å²) < 4.78 is 0. The van der Waals surface area contributed by atoms with Gasteiger partial charge in [-0.15, -0.1) is 0 Å². The zero-order chi connectivity index (χ0) is 18.4. The van der Waals surface area contributed by atoms with Crippen LogP contribution in [-0.4, -0.2) is 24.7 Å². The van der Waals surface area contributed by atoms with E-state index in [1.165, 1.54) is 16.7 Å². The van der Waals surface area contributed by atoms with Crippen molar-refractivity contribution in [2.75, 3.05) is 11.9 Å². The van der Waals surface area contributed by atoms with Gasteiger partial charge in [-0.3, -0.25) is 4.79 Å². The number of anilines is 1. The lowest BCUT2D eigenvalue weighted by Crippen LogP contribution is -2.50. The monoisotopic (exact) mass is 353 g/mol. The van der Waals surface area contributed by atoms with Crippen molar-refractivity contribution in [1.82, 2.24) is 21.7 Å². The minimum Gasteiger partial charge on any atom is -0.367 e. The van der Waals surface area contributed by atoms with Gasteiger partial charge in [0.05, 0.1) is 0 Å². The molecule has 2 aromatic carbocycles. The first-order valence-electron chi connectivity index (χ1n) is 9.05. The van der Waals surface area contributed by atoms with Crippen LogP contribution in [0.15, 0.2) is 48.5 Å². The maximum Gasteiger partial charge on any atom is 0.242 e. The lowest BCUT2D eigenvalue weighted by atomic mass is 10.1. The first kappa shape index (κ1) is 18.4. The molecule has 0 bridgehead atoms. The van der Waals surface area contributed by atoms with Gasteiger partial charge < -0.3 is 10.6 Å². The Morgan fingerprint density at radius 3 is 2.62 bits per heavy atom. The standard InChI is InChI=1S/C20H27N5O/c1-14-10-11-17(13-15(14)2)22-19-18(23-25-24-19)20(26)21-12-6-9-16-7-4-3-5-8-16/h3-5,7-8,10-11,13,18-19,22-25H,6,9,12H2,1-2H3,(H,21,26). The number of rotatable bonds is 7. The summed E-state index contributed by atoms with van der Waals surface area (Å²) in [5.74, 6) is -0.0307. The lowest BCUT2D eigenvalue weighted by Gasteiger charge is -2.20. The first-order valence-corrected chi connectivity index (χ1v) is 9.05. The largest absolute Gasteiger partial charge is 0.367 e. The highest BCUT2D eigenvalue weighted by molar-refractivity contribution is 5.83. The van der Waals surface area contributed by atoms with E-state index in [0.717, 1.165) is 18.5 Å². The zero-order valence-electron chi connectivity index (χ0n) is 15.3. The Kier molecular flexibility index (Phi) is 6.22. The van der Waals surface area contributed by atoms with Crippen LogP contribution in [0.1, 0.15) is 23.1 Å². The molecule has 26 heavy (non-hydrogen) atoms. The molecule has 0 radical (unpaired) electrons. The third-order valence-corrected chi connectivity index (χ3v) is 4.68. The van der Waals surface area contributed by atoms with Crippen molar-refractivity contribution in [3.8, 4) is 0 Å². The predicted molar refractivity (Wildman–Crippen MR) is 104 cm³/mol. The van der Waals surface area contributed by atoms with Gasteiger partial charge in [-0.1, -0.05) is 36.4 Å². The molecule has 6 nitrogen and oxygen atoms in total. The molecule has 5 N–H and O–H groups in total. The van der Waals surface area contributed by atoms with Crippen LogP contribution in [0.3, 0.4) is 0 Å². The van der Waals surface area contributed by atoms with Gasteiger partial charge in [-0.25, -0.2) is 10.9 Å². The molecule has 1 aliphatic rings. The maximum atomic E-state index is 12.5. The molecule has 1 aliphatic heterocycles. The van der Waals surface area contributed by atoms with Crippen LogP contribution in [0.4, 0.5) is 5.69 Å². The molecule has 2 unspecified atom stereocenters.